The summed E-state index contributed by atoms with van der Waals surface area (Å²) in [5.41, 5.74) is -1.44. The van der Waals surface area contributed by atoms with E-state index in [0.29, 0.717) is 13.0 Å². The first-order valence-corrected chi connectivity index (χ1v) is 6.54. The molecular weight excluding hydrogens is 283 g/mol. The average molecular weight is 297 g/mol. The molecule has 2 N–H and O–H groups in total. The Morgan fingerprint density at radius 3 is 2.76 bits per heavy atom. The monoisotopic (exact) mass is 297 g/mol. The number of benzene rings is 1. The highest BCUT2D eigenvalue weighted by Gasteiger charge is 2.34. The van der Waals surface area contributed by atoms with Gasteiger partial charge in [-0.3, -0.25) is 4.79 Å². The summed E-state index contributed by atoms with van der Waals surface area (Å²) in [5.74, 6) is -0.552. The van der Waals surface area contributed by atoms with Crippen LogP contribution in [0.4, 0.5) is 18.9 Å². The summed E-state index contributed by atoms with van der Waals surface area (Å²) in [6, 6.07) is 4.68. The summed E-state index contributed by atoms with van der Waals surface area (Å²) in [5, 5.41) is 14.3. The van der Waals surface area contributed by atoms with Crippen molar-refractivity contribution >= 4 is 11.6 Å². The van der Waals surface area contributed by atoms with E-state index in [1.807, 2.05) is 0 Å². The molecule has 1 aliphatic rings. The van der Waals surface area contributed by atoms with E-state index >= 15 is 0 Å². The molecule has 21 heavy (non-hydrogen) atoms. The highest BCUT2D eigenvalue weighted by atomic mass is 19.4. The maximum atomic E-state index is 12.8. The summed E-state index contributed by atoms with van der Waals surface area (Å²) in [4.78, 5) is 12.0. The molecular formula is C14H14F3N3O. The third-order valence-electron chi connectivity index (χ3n) is 3.38. The number of anilines is 1. The molecule has 1 heterocycles. The van der Waals surface area contributed by atoms with Crippen LogP contribution in [0, 0.1) is 17.2 Å². The first-order chi connectivity index (χ1) is 9.91. The quantitative estimate of drug-likeness (QED) is 0.881. The van der Waals surface area contributed by atoms with Crippen molar-refractivity contribution in [1.29, 1.82) is 5.26 Å². The molecule has 1 atom stereocenters. The molecule has 0 radical (unpaired) electrons. The van der Waals surface area contributed by atoms with Crippen LogP contribution in [0.2, 0.25) is 0 Å². The summed E-state index contributed by atoms with van der Waals surface area (Å²) in [6.07, 6.45) is -3.06. The molecule has 0 aliphatic carbocycles. The maximum absolute atomic E-state index is 12.8. The van der Waals surface area contributed by atoms with Gasteiger partial charge in [-0.25, -0.2) is 0 Å². The van der Waals surface area contributed by atoms with Gasteiger partial charge >= 0.3 is 6.18 Å². The van der Waals surface area contributed by atoms with Crippen LogP contribution < -0.4 is 10.6 Å². The number of hydrogen-bond acceptors (Lipinski definition) is 3. The first-order valence-electron chi connectivity index (χ1n) is 6.54. The molecule has 0 aromatic heterocycles. The van der Waals surface area contributed by atoms with E-state index in [1.165, 1.54) is 12.1 Å². The van der Waals surface area contributed by atoms with Gasteiger partial charge in [0.2, 0.25) is 5.91 Å². The smallest absolute Gasteiger partial charge is 0.326 e. The fourth-order valence-corrected chi connectivity index (χ4v) is 2.27. The normalized spacial score (nSPS) is 18.9. The van der Waals surface area contributed by atoms with Crippen molar-refractivity contribution in [3.05, 3.63) is 29.3 Å². The topological polar surface area (TPSA) is 64.9 Å². The van der Waals surface area contributed by atoms with E-state index < -0.39 is 17.3 Å². The summed E-state index contributed by atoms with van der Waals surface area (Å²) >= 11 is 0. The number of carbonyl (C=O) groups is 1. The van der Waals surface area contributed by atoms with Gasteiger partial charge in [0, 0.05) is 12.2 Å². The van der Waals surface area contributed by atoms with Crippen LogP contribution in [-0.4, -0.2) is 19.0 Å². The second-order valence-corrected chi connectivity index (χ2v) is 4.90. The van der Waals surface area contributed by atoms with Gasteiger partial charge in [-0.1, -0.05) is 0 Å². The third kappa shape index (κ3) is 3.73. The lowest BCUT2D eigenvalue weighted by atomic mass is 9.98. The number of hydrogen-bond donors (Lipinski definition) is 2. The Morgan fingerprint density at radius 1 is 1.43 bits per heavy atom. The zero-order chi connectivity index (χ0) is 15.5. The molecule has 0 saturated carbocycles. The van der Waals surface area contributed by atoms with Gasteiger partial charge in [0.05, 0.1) is 23.1 Å². The Balaban J connectivity index is 2.17. The van der Waals surface area contributed by atoms with Gasteiger partial charge in [0.1, 0.15) is 0 Å². The molecule has 112 valence electrons. The second-order valence-electron chi connectivity index (χ2n) is 4.90. The lowest BCUT2D eigenvalue weighted by molar-refractivity contribution is -0.137. The average Bonchev–Trinajstić information content (AvgIpc) is 2.47. The minimum Gasteiger partial charge on any atom is -0.326 e. The highest BCUT2D eigenvalue weighted by Crippen LogP contribution is 2.33. The molecule has 0 bridgehead atoms. The van der Waals surface area contributed by atoms with Crippen LogP contribution in [0.15, 0.2) is 18.2 Å². The fourth-order valence-electron chi connectivity index (χ4n) is 2.27. The molecule has 2 rings (SSSR count). The molecule has 1 amide bonds. The Hall–Kier alpha value is -2.07. The van der Waals surface area contributed by atoms with Gasteiger partial charge in [0.15, 0.2) is 0 Å². The lowest BCUT2D eigenvalue weighted by Crippen LogP contribution is -2.37. The van der Waals surface area contributed by atoms with Crippen molar-refractivity contribution in [2.45, 2.75) is 19.0 Å². The van der Waals surface area contributed by atoms with E-state index in [0.717, 1.165) is 25.1 Å². The minimum atomic E-state index is -4.63. The number of halogens is 3. The van der Waals surface area contributed by atoms with Gasteiger partial charge in [-0.05, 0) is 37.6 Å². The number of carbonyl (C=O) groups excluding carboxylic acids is 1. The van der Waals surface area contributed by atoms with Crippen molar-refractivity contribution in [3.8, 4) is 6.07 Å². The second kappa shape index (κ2) is 6.14. The Labute approximate surface area is 119 Å². The molecule has 1 aromatic carbocycles. The lowest BCUT2D eigenvalue weighted by Gasteiger charge is -2.22. The number of rotatable bonds is 2. The van der Waals surface area contributed by atoms with Crippen LogP contribution in [0.5, 0.6) is 0 Å². The number of alkyl halides is 3. The predicted molar refractivity (Wildman–Crippen MR) is 70.4 cm³/mol. The van der Waals surface area contributed by atoms with E-state index in [1.54, 1.807) is 0 Å². The molecule has 1 saturated heterocycles. The largest absolute Gasteiger partial charge is 0.417 e. The fraction of sp³-hybridized carbons (Fsp3) is 0.429. The number of amides is 1. The third-order valence-corrected chi connectivity index (χ3v) is 3.38. The number of nitrogens with zero attached hydrogens (tertiary/aromatic N) is 1. The summed E-state index contributed by atoms with van der Waals surface area (Å²) < 4.78 is 38.5. The SMILES string of the molecule is N#Cc1ccc(NC(=O)C2CCCNC2)cc1C(F)(F)F. The van der Waals surface area contributed by atoms with Gasteiger partial charge in [-0.15, -0.1) is 0 Å². The predicted octanol–water partition coefficient (Wildman–Crippen LogP) is 2.52. The van der Waals surface area contributed by atoms with E-state index in [9.17, 15) is 18.0 Å². The maximum Gasteiger partial charge on any atom is 0.417 e. The van der Waals surface area contributed by atoms with Crippen LogP contribution in [0.1, 0.15) is 24.0 Å². The number of nitriles is 1. The molecule has 1 aromatic rings. The van der Waals surface area contributed by atoms with Crippen LogP contribution in [-0.2, 0) is 11.0 Å². The molecule has 1 fully saturated rings. The van der Waals surface area contributed by atoms with E-state index in [2.05, 4.69) is 10.6 Å². The Bertz CT molecular complexity index is 572. The van der Waals surface area contributed by atoms with Crippen LogP contribution in [0.25, 0.3) is 0 Å². The highest BCUT2D eigenvalue weighted by molar-refractivity contribution is 5.93. The first kappa shape index (κ1) is 15.3. The molecule has 4 nitrogen and oxygen atoms in total. The van der Waals surface area contributed by atoms with Crippen molar-refractivity contribution in [1.82, 2.24) is 5.32 Å². The van der Waals surface area contributed by atoms with Crippen molar-refractivity contribution < 1.29 is 18.0 Å². The Kier molecular flexibility index (Phi) is 4.48. The van der Waals surface area contributed by atoms with E-state index in [4.69, 9.17) is 5.26 Å². The van der Waals surface area contributed by atoms with Crippen molar-refractivity contribution in [2.75, 3.05) is 18.4 Å². The molecule has 1 unspecified atom stereocenters. The van der Waals surface area contributed by atoms with E-state index in [-0.39, 0.29) is 17.5 Å². The summed E-state index contributed by atoms with van der Waals surface area (Å²) in [7, 11) is 0. The van der Waals surface area contributed by atoms with Crippen molar-refractivity contribution in [2.24, 2.45) is 5.92 Å². The summed E-state index contributed by atoms with van der Waals surface area (Å²) in [6.45, 7) is 1.37. The molecule has 7 heteroatoms. The minimum absolute atomic E-state index is 0.0527. The molecule has 1 aliphatic heterocycles. The Morgan fingerprint density at radius 2 is 2.19 bits per heavy atom. The number of nitrogens with one attached hydrogen (secondary N) is 2. The zero-order valence-electron chi connectivity index (χ0n) is 11.1. The van der Waals surface area contributed by atoms with Crippen molar-refractivity contribution in [3.63, 3.8) is 0 Å². The van der Waals surface area contributed by atoms with Crippen LogP contribution >= 0.6 is 0 Å². The zero-order valence-corrected chi connectivity index (χ0v) is 11.1. The van der Waals surface area contributed by atoms with Gasteiger partial charge in [-0.2, -0.15) is 18.4 Å². The number of piperidine rings is 1. The standard InChI is InChI=1S/C14H14F3N3O/c15-14(16,17)12-6-11(4-3-9(12)7-18)20-13(21)10-2-1-5-19-8-10/h3-4,6,10,19H,1-2,5,8H2,(H,20,21). The van der Waals surface area contributed by atoms with Gasteiger partial charge < -0.3 is 10.6 Å². The molecule has 0 spiro atoms. The van der Waals surface area contributed by atoms with Crippen LogP contribution in [0.3, 0.4) is 0 Å². The van der Waals surface area contributed by atoms with Gasteiger partial charge in [0.25, 0.3) is 0 Å².